The minimum absolute atomic E-state index is 0.0722. The molecule has 0 fully saturated rings. The first kappa shape index (κ1) is 45.3. The smallest absolute Gasteiger partial charge is 0.354 e. The molecule has 0 saturated carbocycles. The van der Waals surface area contributed by atoms with E-state index in [2.05, 4.69) is 41.0 Å². The molecule has 8 rings (SSSR count). The highest BCUT2D eigenvalue weighted by Crippen LogP contribution is 2.27. The van der Waals surface area contributed by atoms with E-state index in [9.17, 15) is 14.4 Å². The van der Waals surface area contributed by atoms with Crippen LogP contribution in [0.1, 0.15) is 62.6 Å². The van der Waals surface area contributed by atoms with Crippen LogP contribution in [0.2, 0.25) is 10.0 Å². The summed E-state index contributed by atoms with van der Waals surface area (Å²) in [6.45, 7) is 6.85. The molecular formula is C44H46Cl2N10O8. The van der Waals surface area contributed by atoms with Crippen LogP contribution in [0.4, 0.5) is 11.4 Å². The second kappa shape index (κ2) is 21.1. The van der Waals surface area contributed by atoms with Gasteiger partial charge in [-0.25, -0.2) is 19.6 Å². The number of hydrogen-bond donors (Lipinski definition) is 4. The summed E-state index contributed by atoms with van der Waals surface area (Å²) in [4.78, 5) is 44.8. The van der Waals surface area contributed by atoms with Crippen molar-refractivity contribution < 1.29 is 38.1 Å². The number of aromatic amines is 2. The van der Waals surface area contributed by atoms with Gasteiger partial charge in [0.15, 0.2) is 36.5 Å². The average molecular weight is 914 g/mol. The number of anilines is 2. The molecule has 0 amide bonds. The SMILES string of the molecule is CC(=O)OC(C(=O)OCOCNc1cccc(-c2nc3c(Cl)c(C)[nH]n3n2)c1)c1ccccc1.CC1=C(C(=O)OCOCNc2ccc(-c3nc4c(Cl)c(C)[nH]n4n3)cc2)CCCC1. The van der Waals surface area contributed by atoms with Crippen LogP contribution in [-0.4, -0.2) is 84.6 Å². The number of rotatable bonds is 16. The normalized spacial score (nSPS) is 13.0. The number of halogens is 2. The summed E-state index contributed by atoms with van der Waals surface area (Å²) in [7, 11) is 0. The fourth-order valence-corrected chi connectivity index (χ4v) is 6.98. The molecule has 0 bridgehead atoms. The molecule has 18 nitrogen and oxygen atoms in total. The van der Waals surface area contributed by atoms with Crippen LogP contribution < -0.4 is 10.6 Å². The third-order valence-corrected chi connectivity index (χ3v) is 10.9. The van der Waals surface area contributed by atoms with Crippen molar-refractivity contribution in [2.75, 3.05) is 37.7 Å². The molecule has 1 unspecified atom stereocenters. The number of ether oxygens (including phenoxy) is 5. The quantitative estimate of drug-likeness (QED) is 0.0311. The number of allylic oxidation sites excluding steroid dienone is 1. The Morgan fingerprint density at radius 2 is 1.31 bits per heavy atom. The largest absolute Gasteiger partial charge is 0.446 e. The van der Waals surface area contributed by atoms with E-state index in [1.165, 1.54) is 11.6 Å². The Labute approximate surface area is 377 Å². The molecule has 4 N–H and O–H groups in total. The molecule has 1 aliphatic carbocycles. The lowest BCUT2D eigenvalue weighted by molar-refractivity contribution is -0.175. The summed E-state index contributed by atoms with van der Waals surface area (Å²) in [5, 5.41) is 22.2. The van der Waals surface area contributed by atoms with Gasteiger partial charge in [0, 0.05) is 40.6 Å². The number of nitrogens with one attached hydrogen (secondary N) is 4. The maximum atomic E-state index is 12.4. The second-order valence-corrected chi connectivity index (χ2v) is 15.4. The molecule has 64 heavy (non-hydrogen) atoms. The van der Waals surface area contributed by atoms with Gasteiger partial charge in [0.05, 0.1) is 11.4 Å². The van der Waals surface area contributed by atoms with Gasteiger partial charge in [-0.05, 0) is 82.9 Å². The number of hydrogen-bond acceptors (Lipinski definition) is 14. The van der Waals surface area contributed by atoms with Crippen molar-refractivity contribution in [3.8, 4) is 22.8 Å². The van der Waals surface area contributed by atoms with Gasteiger partial charge in [-0.15, -0.1) is 10.2 Å². The van der Waals surface area contributed by atoms with Crippen LogP contribution in [-0.2, 0) is 38.1 Å². The van der Waals surface area contributed by atoms with Crippen molar-refractivity contribution in [1.82, 2.24) is 39.6 Å². The molecule has 1 atom stereocenters. The van der Waals surface area contributed by atoms with Crippen molar-refractivity contribution in [1.29, 1.82) is 0 Å². The van der Waals surface area contributed by atoms with E-state index in [4.69, 9.17) is 46.9 Å². The molecule has 3 aromatic carbocycles. The van der Waals surface area contributed by atoms with Crippen LogP contribution in [0.5, 0.6) is 0 Å². The van der Waals surface area contributed by atoms with Gasteiger partial charge in [-0.1, -0.05) is 71.2 Å². The number of carbonyl (C=O) groups is 3. The van der Waals surface area contributed by atoms with E-state index in [1.54, 1.807) is 35.0 Å². The first-order chi connectivity index (χ1) is 30.9. The van der Waals surface area contributed by atoms with Gasteiger partial charge in [0.2, 0.25) is 6.10 Å². The Hall–Kier alpha value is -6.73. The highest BCUT2D eigenvalue weighted by Gasteiger charge is 2.25. The standard InChI is InChI=1S/C23H22ClN5O5.C21H24ClN5O3/c1-14-19(24)22-26-21(28-29(22)27-14)17-9-6-10-18(11-17)25-12-32-13-33-23(31)20(34-15(2)30)16-7-4-3-5-8-16;1-13-5-3-4-6-17(13)21(28)30-12-29-11-23-16-9-7-15(8-10-16)19-24-20-18(22)14(2)25-27(20)26-19/h3-11,20,25,27H,12-13H2,1-2H3;7-10,23,25H,3-6,11-12H2,1-2H3. The van der Waals surface area contributed by atoms with E-state index in [1.807, 2.05) is 69.3 Å². The molecule has 4 heterocycles. The topological polar surface area (TPSA) is 213 Å². The van der Waals surface area contributed by atoms with Crippen LogP contribution in [0.3, 0.4) is 0 Å². The highest BCUT2D eigenvalue weighted by atomic mass is 35.5. The number of H-pyrrole nitrogens is 2. The molecule has 0 radical (unpaired) electrons. The Bertz CT molecular complexity index is 2760. The molecule has 1 aliphatic rings. The number of nitrogens with zero attached hydrogens (tertiary/aromatic N) is 6. The zero-order valence-electron chi connectivity index (χ0n) is 35.4. The summed E-state index contributed by atoms with van der Waals surface area (Å²) in [6, 6.07) is 23.7. The molecule has 20 heteroatoms. The zero-order valence-corrected chi connectivity index (χ0v) is 37.0. The van der Waals surface area contributed by atoms with Crippen molar-refractivity contribution in [3.05, 3.63) is 117 Å². The van der Waals surface area contributed by atoms with Crippen molar-refractivity contribution in [2.24, 2.45) is 0 Å². The van der Waals surface area contributed by atoms with Gasteiger partial charge in [0.25, 0.3) is 0 Å². The monoisotopic (exact) mass is 912 g/mol. The minimum Gasteiger partial charge on any atom is -0.446 e. The van der Waals surface area contributed by atoms with Crippen LogP contribution in [0.25, 0.3) is 34.1 Å². The molecule has 0 aliphatic heterocycles. The number of aromatic nitrogens is 8. The lowest BCUT2D eigenvalue weighted by atomic mass is 9.93. The maximum absolute atomic E-state index is 12.4. The molecule has 4 aromatic heterocycles. The van der Waals surface area contributed by atoms with Crippen LogP contribution in [0, 0.1) is 13.8 Å². The lowest BCUT2D eigenvalue weighted by Gasteiger charge is -2.16. The lowest BCUT2D eigenvalue weighted by Crippen LogP contribution is -2.22. The summed E-state index contributed by atoms with van der Waals surface area (Å²) in [5.74, 6) is -0.473. The predicted octanol–water partition coefficient (Wildman–Crippen LogP) is 8.34. The minimum atomic E-state index is -1.15. The van der Waals surface area contributed by atoms with E-state index in [-0.39, 0.29) is 33.0 Å². The van der Waals surface area contributed by atoms with Gasteiger partial charge < -0.3 is 34.3 Å². The fraction of sp³-hybridized carbons (Fsp3) is 0.295. The van der Waals surface area contributed by atoms with Gasteiger partial charge >= 0.3 is 17.9 Å². The number of aryl methyl sites for hydroxylation is 2. The summed E-state index contributed by atoms with van der Waals surface area (Å²) in [6.07, 6.45) is 2.79. The van der Waals surface area contributed by atoms with E-state index in [0.29, 0.717) is 38.6 Å². The van der Waals surface area contributed by atoms with E-state index >= 15 is 0 Å². The van der Waals surface area contributed by atoms with Gasteiger partial charge in [0.1, 0.15) is 23.5 Å². The maximum Gasteiger partial charge on any atom is 0.354 e. The van der Waals surface area contributed by atoms with Gasteiger partial charge in [-0.2, -0.15) is 9.26 Å². The van der Waals surface area contributed by atoms with Crippen LogP contribution >= 0.6 is 23.2 Å². The summed E-state index contributed by atoms with van der Waals surface area (Å²) >= 11 is 12.4. The average Bonchev–Trinajstić information content (AvgIpc) is 4.04. The molecule has 7 aromatic rings. The number of carbonyl (C=O) groups excluding carboxylic acids is 3. The van der Waals surface area contributed by atoms with Crippen LogP contribution in [0.15, 0.2) is 90.0 Å². The molecule has 0 spiro atoms. The Kier molecular flexibility index (Phi) is 14.9. The number of benzene rings is 3. The molecular weight excluding hydrogens is 867 g/mol. The first-order valence-corrected chi connectivity index (χ1v) is 21.0. The molecule has 334 valence electrons. The fourth-order valence-electron chi connectivity index (χ4n) is 6.65. The van der Waals surface area contributed by atoms with E-state index in [0.717, 1.165) is 70.7 Å². The zero-order chi connectivity index (χ0) is 45.2. The Morgan fingerprint density at radius 1 is 0.719 bits per heavy atom. The van der Waals surface area contributed by atoms with Crippen molar-refractivity contribution >= 4 is 63.8 Å². The highest BCUT2D eigenvalue weighted by molar-refractivity contribution is 6.34. The third-order valence-electron chi connectivity index (χ3n) is 9.98. The predicted molar refractivity (Wildman–Crippen MR) is 238 cm³/mol. The van der Waals surface area contributed by atoms with Crippen molar-refractivity contribution in [3.63, 3.8) is 0 Å². The Morgan fingerprint density at radius 3 is 1.92 bits per heavy atom. The third kappa shape index (κ3) is 11.3. The van der Waals surface area contributed by atoms with Crippen molar-refractivity contribution in [2.45, 2.75) is 59.5 Å². The van der Waals surface area contributed by atoms with E-state index < -0.39 is 18.0 Å². The Balaban J connectivity index is 0.000000193. The summed E-state index contributed by atoms with van der Waals surface area (Å²) < 4.78 is 29.3. The number of esters is 3. The molecule has 0 saturated heterocycles. The van der Waals surface area contributed by atoms with Gasteiger partial charge in [-0.3, -0.25) is 15.0 Å². The second-order valence-electron chi connectivity index (χ2n) is 14.6. The first-order valence-electron chi connectivity index (χ1n) is 20.3. The number of fused-ring (bicyclic) bond motifs is 2. The summed E-state index contributed by atoms with van der Waals surface area (Å²) in [5.41, 5.74) is 8.51.